The van der Waals surface area contributed by atoms with Crippen LogP contribution in [0.3, 0.4) is 0 Å². The first-order valence-corrected chi connectivity index (χ1v) is 7.43. The van der Waals surface area contributed by atoms with Crippen molar-refractivity contribution in [3.63, 3.8) is 0 Å². The Morgan fingerprint density at radius 3 is 2.76 bits per heavy atom. The number of hydrogen-bond acceptors (Lipinski definition) is 2. The van der Waals surface area contributed by atoms with Gasteiger partial charge in [0.25, 0.3) is 0 Å². The van der Waals surface area contributed by atoms with Gasteiger partial charge in [0, 0.05) is 31.4 Å². The van der Waals surface area contributed by atoms with Crippen molar-refractivity contribution in [2.45, 2.75) is 19.8 Å². The van der Waals surface area contributed by atoms with E-state index in [9.17, 15) is 4.79 Å². The maximum atomic E-state index is 11.5. The molecule has 0 atom stereocenters. The summed E-state index contributed by atoms with van der Waals surface area (Å²) in [4.78, 5) is 13.4. The molecule has 2 aromatic carbocycles. The number of fused-ring (bicyclic) bond motifs is 1. The van der Waals surface area contributed by atoms with Gasteiger partial charge >= 0.3 is 0 Å². The molecule has 108 valence electrons. The molecule has 3 rings (SSSR count). The topological polar surface area (TPSA) is 32.3 Å². The van der Waals surface area contributed by atoms with Gasteiger partial charge in [-0.05, 0) is 42.2 Å². The number of benzene rings is 2. The molecule has 0 bridgehead atoms. The smallest absolute Gasteiger partial charge is 0.223 e. The average Bonchev–Trinajstić information content (AvgIpc) is 2.91. The standard InChI is InChI=1S/C18H20N2O/c1-14(21)20-12-10-16-13-17(7-8-18(16)20)19-11-9-15-5-3-2-4-6-15/h2-8,13,19H,9-12H2,1H3. The quantitative estimate of drug-likeness (QED) is 0.932. The van der Waals surface area contributed by atoms with Gasteiger partial charge in [-0.2, -0.15) is 0 Å². The van der Waals surface area contributed by atoms with E-state index in [1.807, 2.05) is 11.0 Å². The zero-order valence-electron chi connectivity index (χ0n) is 12.3. The van der Waals surface area contributed by atoms with E-state index in [4.69, 9.17) is 0 Å². The molecule has 1 aliphatic heterocycles. The first kappa shape index (κ1) is 13.7. The SMILES string of the molecule is CC(=O)N1CCc2cc(NCCc3ccccc3)ccc21. The number of anilines is 2. The van der Waals surface area contributed by atoms with E-state index in [0.717, 1.165) is 37.3 Å². The summed E-state index contributed by atoms with van der Waals surface area (Å²) in [5.41, 5.74) is 4.80. The van der Waals surface area contributed by atoms with Gasteiger partial charge in [0.15, 0.2) is 0 Å². The third-order valence-corrected chi connectivity index (χ3v) is 3.94. The predicted octanol–water partition coefficient (Wildman–Crippen LogP) is 3.25. The minimum absolute atomic E-state index is 0.124. The Labute approximate surface area is 125 Å². The van der Waals surface area contributed by atoms with Crippen LogP contribution in [-0.2, 0) is 17.6 Å². The first-order chi connectivity index (χ1) is 10.2. The number of rotatable bonds is 4. The van der Waals surface area contributed by atoms with Crippen molar-refractivity contribution < 1.29 is 4.79 Å². The van der Waals surface area contributed by atoms with E-state index >= 15 is 0 Å². The highest BCUT2D eigenvalue weighted by Gasteiger charge is 2.21. The molecule has 0 saturated carbocycles. The fraction of sp³-hybridized carbons (Fsp3) is 0.278. The molecule has 0 fully saturated rings. The molecule has 1 aliphatic rings. The molecule has 0 unspecified atom stereocenters. The molecule has 0 aliphatic carbocycles. The predicted molar refractivity (Wildman–Crippen MR) is 86.8 cm³/mol. The van der Waals surface area contributed by atoms with Crippen LogP contribution in [0.4, 0.5) is 11.4 Å². The molecule has 0 spiro atoms. The number of nitrogens with one attached hydrogen (secondary N) is 1. The lowest BCUT2D eigenvalue weighted by atomic mass is 10.1. The Morgan fingerprint density at radius 2 is 2.00 bits per heavy atom. The van der Waals surface area contributed by atoms with Crippen molar-refractivity contribution in [1.29, 1.82) is 0 Å². The van der Waals surface area contributed by atoms with Crippen LogP contribution in [0.5, 0.6) is 0 Å². The molecule has 3 nitrogen and oxygen atoms in total. The Bertz CT molecular complexity index is 637. The van der Waals surface area contributed by atoms with Crippen LogP contribution in [0.1, 0.15) is 18.1 Å². The van der Waals surface area contributed by atoms with E-state index in [1.54, 1.807) is 6.92 Å². The molecule has 0 saturated heterocycles. The Hall–Kier alpha value is -2.29. The van der Waals surface area contributed by atoms with E-state index in [-0.39, 0.29) is 5.91 Å². The van der Waals surface area contributed by atoms with Gasteiger partial charge in [-0.15, -0.1) is 0 Å². The van der Waals surface area contributed by atoms with Crippen LogP contribution in [0.25, 0.3) is 0 Å². The van der Waals surface area contributed by atoms with Crippen molar-refractivity contribution in [3.8, 4) is 0 Å². The molecule has 0 aromatic heterocycles. The van der Waals surface area contributed by atoms with Crippen LogP contribution in [0.15, 0.2) is 48.5 Å². The van der Waals surface area contributed by atoms with E-state index in [0.29, 0.717) is 0 Å². The molecular formula is C18H20N2O. The zero-order chi connectivity index (χ0) is 14.7. The van der Waals surface area contributed by atoms with Gasteiger partial charge in [0.2, 0.25) is 5.91 Å². The molecule has 3 heteroatoms. The van der Waals surface area contributed by atoms with Crippen LogP contribution in [0.2, 0.25) is 0 Å². The van der Waals surface area contributed by atoms with Crippen LogP contribution in [-0.4, -0.2) is 19.0 Å². The molecule has 1 N–H and O–H groups in total. The fourth-order valence-corrected chi connectivity index (χ4v) is 2.83. The average molecular weight is 280 g/mol. The van der Waals surface area contributed by atoms with Crippen LogP contribution < -0.4 is 10.2 Å². The van der Waals surface area contributed by atoms with Gasteiger partial charge in [-0.25, -0.2) is 0 Å². The maximum Gasteiger partial charge on any atom is 0.223 e. The summed E-state index contributed by atoms with van der Waals surface area (Å²) in [5, 5.41) is 3.46. The highest BCUT2D eigenvalue weighted by Crippen LogP contribution is 2.30. The summed E-state index contributed by atoms with van der Waals surface area (Å²) >= 11 is 0. The number of nitrogens with zero attached hydrogens (tertiary/aromatic N) is 1. The highest BCUT2D eigenvalue weighted by molar-refractivity contribution is 5.94. The number of hydrogen-bond donors (Lipinski definition) is 1. The molecule has 21 heavy (non-hydrogen) atoms. The number of carbonyl (C=O) groups excluding carboxylic acids is 1. The minimum Gasteiger partial charge on any atom is -0.385 e. The monoisotopic (exact) mass is 280 g/mol. The lowest BCUT2D eigenvalue weighted by molar-refractivity contribution is -0.116. The van der Waals surface area contributed by atoms with E-state index in [2.05, 4.69) is 47.8 Å². The second-order valence-corrected chi connectivity index (χ2v) is 5.43. The summed E-state index contributed by atoms with van der Waals surface area (Å²) in [6.07, 6.45) is 1.96. The third kappa shape index (κ3) is 3.07. The maximum absolute atomic E-state index is 11.5. The lowest BCUT2D eigenvalue weighted by Crippen LogP contribution is -2.25. The third-order valence-electron chi connectivity index (χ3n) is 3.94. The summed E-state index contributed by atoms with van der Waals surface area (Å²) < 4.78 is 0. The van der Waals surface area contributed by atoms with Gasteiger partial charge in [0.05, 0.1) is 0 Å². The normalized spacial score (nSPS) is 13.1. The van der Waals surface area contributed by atoms with Crippen LogP contribution in [0, 0.1) is 0 Å². The highest BCUT2D eigenvalue weighted by atomic mass is 16.2. The largest absolute Gasteiger partial charge is 0.385 e. The molecular weight excluding hydrogens is 260 g/mol. The number of carbonyl (C=O) groups is 1. The van der Waals surface area contributed by atoms with E-state index < -0.39 is 0 Å². The van der Waals surface area contributed by atoms with Crippen molar-refractivity contribution >= 4 is 17.3 Å². The van der Waals surface area contributed by atoms with Gasteiger partial charge in [-0.3, -0.25) is 4.79 Å². The molecule has 2 aromatic rings. The van der Waals surface area contributed by atoms with E-state index in [1.165, 1.54) is 11.1 Å². The van der Waals surface area contributed by atoms with Gasteiger partial charge in [0.1, 0.15) is 0 Å². The lowest BCUT2D eigenvalue weighted by Gasteiger charge is -2.15. The van der Waals surface area contributed by atoms with Crippen molar-refractivity contribution in [3.05, 3.63) is 59.7 Å². The Balaban J connectivity index is 1.62. The Kier molecular flexibility index (Phi) is 3.91. The number of amides is 1. The minimum atomic E-state index is 0.124. The Morgan fingerprint density at radius 1 is 1.19 bits per heavy atom. The second kappa shape index (κ2) is 6.00. The fourth-order valence-electron chi connectivity index (χ4n) is 2.83. The molecule has 0 radical (unpaired) electrons. The van der Waals surface area contributed by atoms with Gasteiger partial charge < -0.3 is 10.2 Å². The second-order valence-electron chi connectivity index (χ2n) is 5.43. The summed E-state index contributed by atoms with van der Waals surface area (Å²) in [5.74, 6) is 0.124. The first-order valence-electron chi connectivity index (χ1n) is 7.43. The van der Waals surface area contributed by atoms with Crippen LogP contribution >= 0.6 is 0 Å². The van der Waals surface area contributed by atoms with Crippen molar-refractivity contribution in [2.75, 3.05) is 23.3 Å². The summed E-state index contributed by atoms with van der Waals surface area (Å²) in [6.45, 7) is 3.35. The van der Waals surface area contributed by atoms with Gasteiger partial charge in [-0.1, -0.05) is 30.3 Å². The molecule has 1 heterocycles. The zero-order valence-corrected chi connectivity index (χ0v) is 12.3. The molecule has 1 amide bonds. The summed E-state index contributed by atoms with van der Waals surface area (Å²) in [6, 6.07) is 16.8. The van der Waals surface area contributed by atoms with Crippen molar-refractivity contribution in [2.24, 2.45) is 0 Å². The van der Waals surface area contributed by atoms with Crippen molar-refractivity contribution in [1.82, 2.24) is 0 Å². The summed E-state index contributed by atoms with van der Waals surface area (Å²) in [7, 11) is 0.